The van der Waals surface area contributed by atoms with E-state index in [2.05, 4.69) is 27.8 Å². The van der Waals surface area contributed by atoms with Gasteiger partial charge in [0.05, 0.1) is 17.7 Å². The molecule has 0 atom stereocenters. The molecule has 2 aromatic rings. The minimum atomic E-state index is -0.450. The van der Waals surface area contributed by atoms with Crippen molar-refractivity contribution in [1.29, 1.82) is 0 Å². The molecule has 36 heavy (non-hydrogen) atoms. The highest BCUT2D eigenvalue weighted by molar-refractivity contribution is 6.06. The van der Waals surface area contributed by atoms with Gasteiger partial charge in [-0.3, -0.25) is 19.4 Å². The van der Waals surface area contributed by atoms with Crippen LogP contribution < -0.4 is 15.0 Å². The molecule has 2 N–H and O–H groups in total. The second-order valence-electron chi connectivity index (χ2n) is 10.4. The van der Waals surface area contributed by atoms with Crippen molar-refractivity contribution >= 4 is 29.4 Å². The molecule has 4 aliphatic rings. The highest BCUT2D eigenvalue weighted by Gasteiger charge is 2.48. The first-order valence-corrected chi connectivity index (χ1v) is 12.9. The van der Waals surface area contributed by atoms with Gasteiger partial charge < -0.3 is 15.2 Å². The monoisotopic (exact) mass is 488 g/mol. The zero-order chi connectivity index (χ0) is 24.9. The number of aromatic nitrogens is 1. The number of amides is 2. The molecule has 2 fully saturated rings. The van der Waals surface area contributed by atoms with E-state index in [0.29, 0.717) is 43.9 Å². The van der Waals surface area contributed by atoms with Gasteiger partial charge in [0.1, 0.15) is 18.2 Å². The summed E-state index contributed by atoms with van der Waals surface area (Å²) in [7, 11) is 0. The molecule has 8 heteroatoms. The lowest BCUT2D eigenvalue weighted by molar-refractivity contribution is -0.122. The first-order valence-electron chi connectivity index (χ1n) is 12.9. The third kappa shape index (κ3) is 3.89. The Labute approximate surface area is 210 Å². The summed E-state index contributed by atoms with van der Waals surface area (Å²) < 4.78 is 6.04. The van der Waals surface area contributed by atoms with Crippen LogP contribution in [0.25, 0.3) is 6.08 Å². The Morgan fingerprint density at radius 3 is 2.75 bits per heavy atom. The van der Waals surface area contributed by atoms with E-state index < -0.39 is 5.41 Å². The number of carbonyl (C=O) groups excluding carboxylic acids is 2. The van der Waals surface area contributed by atoms with Gasteiger partial charge in [-0.1, -0.05) is 18.7 Å². The number of likely N-dealkylation sites (tertiary alicyclic amines) is 1. The van der Waals surface area contributed by atoms with Crippen molar-refractivity contribution in [2.24, 2.45) is 0 Å². The molecular weight excluding hydrogens is 456 g/mol. The molecule has 4 heterocycles. The largest absolute Gasteiger partial charge is 0.491 e. The van der Waals surface area contributed by atoms with Crippen LogP contribution in [0.15, 0.2) is 37.0 Å². The Morgan fingerprint density at radius 1 is 1.19 bits per heavy atom. The van der Waals surface area contributed by atoms with E-state index in [-0.39, 0.29) is 24.0 Å². The van der Waals surface area contributed by atoms with Crippen LogP contribution in [0.1, 0.15) is 48.8 Å². The van der Waals surface area contributed by atoms with Crippen molar-refractivity contribution in [2.45, 2.75) is 56.1 Å². The van der Waals surface area contributed by atoms with Crippen LogP contribution >= 0.6 is 0 Å². The number of nitrogens with zero attached hydrogens (tertiary/aromatic N) is 3. The molecule has 6 rings (SSSR count). The summed E-state index contributed by atoms with van der Waals surface area (Å²) in [4.78, 5) is 34.1. The maximum absolute atomic E-state index is 12.9. The quantitative estimate of drug-likeness (QED) is 0.649. The number of rotatable bonds is 6. The van der Waals surface area contributed by atoms with Crippen molar-refractivity contribution < 1.29 is 19.4 Å². The fourth-order valence-corrected chi connectivity index (χ4v) is 6.09. The van der Waals surface area contributed by atoms with Crippen molar-refractivity contribution in [3.05, 3.63) is 53.7 Å². The van der Waals surface area contributed by atoms with E-state index in [1.165, 1.54) is 0 Å². The predicted octanol–water partition coefficient (Wildman–Crippen LogP) is 2.89. The Hall–Kier alpha value is -3.23. The van der Waals surface area contributed by atoms with Crippen molar-refractivity contribution in [3.8, 4) is 5.75 Å². The van der Waals surface area contributed by atoms with Gasteiger partial charge in [0, 0.05) is 24.7 Å². The van der Waals surface area contributed by atoms with Gasteiger partial charge in [0.15, 0.2) is 0 Å². The number of ether oxygens (including phenoxy) is 1. The average Bonchev–Trinajstić information content (AvgIpc) is 3.13. The standard InChI is InChI=1S/C28H32N4O4/c1-2-18-3-5-24-23(13-18)28(27(35)30-24)7-9-31(10-8-28)11-12-36-22-14-19-4-6-25(34)32(26(19)29-17-22)20-15-21(33)16-20/h2-3,5,13-14,17,20-21,33H,1,4,6-12,15-16H2,(H,30,35)/t20-,21+. The molecule has 3 aliphatic heterocycles. The van der Waals surface area contributed by atoms with Gasteiger partial charge >= 0.3 is 0 Å². The van der Waals surface area contributed by atoms with Crippen LogP contribution in [-0.4, -0.2) is 65.2 Å². The van der Waals surface area contributed by atoms with Crippen LogP contribution in [0.2, 0.25) is 0 Å². The summed E-state index contributed by atoms with van der Waals surface area (Å²) in [5.41, 5.74) is 3.64. The molecule has 1 saturated heterocycles. The molecule has 188 valence electrons. The number of aryl methyl sites for hydroxylation is 1. The van der Waals surface area contributed by atoms with E-state index in [1.54, 1.807) is 11.1 Å². The van der Waals surface area contributed by atoms with Crippen molar-refractivity contribution in [2.75, 3.05) is 36.5 Å². The van der Waals surface area contributed by atoms with E-state index in [9.17, 15) is 14.7 Å². The number of pyridine rings is 1. The molecular formula is C28H32N4O4. The third-order valence-electron chi connectivity index (χ3n) is 8.34. The maximum atomic E-state index is 12.9. The summed E-state index contributed by atoms with van der Waals surface area (Å²) in [6, 6.07) is 8.12. The predicted molar refractivity (Wildman–Crippen MR) is 137 cm³/mol. The minimum Gasteiger partial charge on any atom is -0.491 e. The normalized spacial score (nSPS) is 24.6. The second kappa shape index (κ2) is 9.01. The molecule has 0 radical (unpaired) electrons. The lowest BCUT2D eigenvalue weighted by atomic mass is 9.73. The number of aliphatic hydroxyl groups is 1. The number of carbonyl (C=O) groups is 2. The topological polar surface area (TPSA) is 95.0 Å². The molecule has 1 spiro atoms. The highest BCUT2D eigenvalue weighted by atomic mass is 16.5. The molecule has 1 saturated carbocycles. The lowest BCUT2D eigenvalue weighted by Gasteiger charge is -2.42. The zero-order valence-electron chi connectivity index (χ0n) is 20.4. The molecule has 1 aromatic heterocycles. The molecule has 2 amide bonds. The lowest BCUT2D eigenvalue weighted by Crippen LogP contribution is -2.52. The molecule has 0 unspecified atom stereocenters. The van der Waals surface area contributed by atoms with E-state index in [1.807, 2.05) is 24.3 Å². The molecule has 8 nitrogen and oxygen atoms in total. The van der Waals surface area contributed by atoms with Gasteiger partial charge in [0.25, 0.3) is 0 Å². The molecule has 0 bridgehead atoms. The van der Waals surface area contributed by atoms with Crippen LogP contribution in [0.4, 0.5) is 11.5 Å². The first kappa shape index (κ1) is 23.2. The summed E-state index contributed by atoms with van der Waals surface area (Å²) >= 11 is 0. The minimum absolute atomic E-state index is 0.0467. The van der Waals surface area contributed by atoms with Crippen LogP contribution in [0.5, 0.6) is 5.75 Å². The average molecular weight is 489 g/mol. The molecule has 1 aromatic carbocycles. The summed E-state index contributed by atoms with van der Waals surface area (Å²) in [5, 5.41) is 12.7. The van der Waals surface area contributed by atoms with Gasteiger partial charge in [-0.15, -0.1) is 0 Å². The van der Waals surface area contributed by atoms with E-state index >= 15 is 0 Å². The summed E-state index contributed by atoms with van der Waals surface area (Å²) in [5.74, 6) is 1.62. The number of fused-ring (bicyclic) bond motifs is 3. The fourth-order valence-electron chi connectivity index (χ4n) is 6.09. The Kier molecular flexibility index (Phi) is 5.80. The number of nitrogens with one attached hydrogen (secondary N) is 1. The number of hydrogen-bond acceptors (Lipinski definition) is 6. The molecule has 1 aliphatic carbocycles. The van der Waals surface area contributed by atoms with Crippen LogP contribution in [0.3, 0.4) is 0 Å². The Bertz CT molecular complexity index is 1210. The van der Waals surface area contributed by atoms with Crippen molar-refractivity contribution in [3.63, 3.8) is 0 Å². The fraction of sp³-hybridized carbons (Fsp3) is 0.464. The van der Waals surface area contributed by atoms with Crippen LogP contribution in [-0.2, 0) is 21.4 Å². The smallest absolute Gasteiger partial charge is 0.235 e. The number of piperidine rings is 1. The summed E-state index contributed by atoms with van der Waals surface area (Å²) in [6.07, 6.45) is 7.13. The number of aliphatic hydroxyl groups excluding tert-OH is 1. The Morgan fingerprint density at radius 2 is 2.00 bits per heavy atom. The van der Waals surface area contributed by atoms with Gasteiger partial charge in [-0.25, -0.2) is 4.98 Å². The van der Waals surface area contributed by atoms with Gasteiger partial charge in [-0.2, -0.15) is 0 Å². The third-order valence-corrected chi connectivity index (χ3v) is 8.34. The number of hydrogen-bond donors (Lipinski definition) is 2. The number of benzene rings is 1. The zero-order valence-corrected chi connectivity index (χ0v) is 20.4. The SMILES string of the molecule is C=Cc1ccc2c(c1)C1(CCN(CCOc3cnc4c(c3)CCC(=O)N4[C@H]3C[C@@H](O)C3)CC1)C(=O)N2. The second-order valence-corrected chi connectivity index (χ2v) is 10.4. The maximum Gasteiger partial charge on any atom is 0.235 e. The Balaban J connectivity index is 1.05. The summed E-state index contributed by atoms with van der Waals surface area (Å²) in [6.45, 7) is 6.85. The van der Waals surface area contributed by atoms with Gasteiger partial charge in [-0.05, 0) is 80.1 Å². The van der Waals surface area contributed by atoms with E-state index in [4.69, 9.17) is 4.74 Å². The first-order chi connectivity index (χ1) is 17.5. The number of anilines is 2. The van der Waals surface area contributed by atoms with E-state index in [0.717, 1.165) is 54.9 Å². The van der Waals surface area contributed by atoms with Gasteiger partial charge in [0.2, 0.25) is 11.8 Å². The highest BCUT2D eigenvalue weighted by Crippen LogP contribution is 2.45. The van der Waals surface area contributed by atoms with Crippen LogP contribution in [0, 0.1) is 0 Å². The van der Waals surface area contributed by atoms with Crippen molar-refractivity contribution in [1.82, 2.24) is 9.88 Å².